The van der Waals surface area contributed by atoms with Gasteiger partial charge >= 0.3 is 6.09 Å². The summed E-state index contributed by atoms with van der Waals surface area (Å²) in [4.78, 5) is 30.6. The minimum absolute atomic E-state index is 0.0295. The van der Waals surface area contributed by atoms with Crippen LogP contribution in [0, 0.1) is 0 Å². The van der Waals surface area contributed by atoms with E-state index in [0.717, 1.165) is 43.5 Å². The van der Waals surface area contributed by atoms with Crippen LogP contribution in [0.2, 0.25) is 0 Å². The molecule has 2 aliphatic rings. The molecule has 2 N–H and O–H groups in total. The third-order valence-corrected chi connectivity index (χ3v) is 6.69. The number of benzene rings is 2. The van der Waals surface area contributed by atoms with E-state index in [4.69, 9.17) is 4.74 Å². The smallest absolute Gasteiger partial charge is 0.410 e. The number of piperidine rings is 1. The topological polar surface area (TPSA) is 116 Å². The van der Waals surface area contributed by atoms with Gasteiger partial charge in [0.1, 0.15) is 12.6 Å². The van der Waals surface area contributed by atoms with Gasteiger partial charge in [-0.1, -0.05) is 36.8 Å². The first kappa shape index (κ1) is 23.0. The van der Waals surface area contributed by atoms with E-state index in [-0.39, 0.29) is 18.6 Å². The Kier molecular flexibility index (Phi) is 6.99. The maximum Gasteiger partial charge on any atom is 0.410 e. The number of tetrazole rings is 1. The number of hydrogen-bond acceptors (Lipinski definition) is 7. The molecule has 5 rings (SSSR count). The number of anilines is 1. The van der Waals surface area contributed by atoms with Crippen molar-refractivity contribution in [1.29, 1.82) is 0 Å². The average Bonchev–Trinajstić information content (AvgIpc) is 3.60. The fraction of sp³-hybridized carbons (Fsp3) is 0.400. The lowest BCUT2D eigenvalue weighted by Gasteiger charge is -2.36. The number of ether oxygens (including phenoxy) is 1. The minimum atomic E-state index is -0.617. The first-order valence-electron chi connectivity index (χ1n) is 12.1. The normalized spacial score (nSPS) is 20.5. The van der Waals surface area contributed by atoms with Crippen molar-refractivity contribution in [1.82, 2.24) is 30.4 Å². The van der Waals surface area contributed by atoms with Gasteiger partial charge in [-0.25, -0.2) is 4.79 Å². The van der Waals surface area contributed by atoms with Gasteiger partial charge in [0.2, 0.25) is 11.7 Å². The molecule has 0 radical (unpaired) electrons. The van der Waals surface area contributed by atoms with E-state index < -0.39 is 12.1 Å². The summed E-state index contributed by atoms with van der Waals surface area (Å²) in [6.45, 7) is 2.56. The molecule has 10 nitrogen and oxygen atoms in total. The van der Waals surface area contributed by atoms with Gasteiger partial charge in [-0.15, -0.1) is 10.2 Å². The number of aromatic amines is 1. The molecule has 2 saturated heterocycles. The quantitative estimate of drug-likeness (QED) is 0.563. The number of H-pyrrole nitrogens is 1. The summed E-state index contributed by atoms with van der Waals surface area (Å²) < 4.78 is 5.60. The summed E-state index contributed by atoms with van der Waals surface area (Å²) in [5.74, 6) is 0.276. The number of likely N-dealkylation sites (tertiary alicyclic amines) is 2. The minimum Gasteiger partial charge on any atom is -0.445 e. The second kappa shape index (κ2) is 10.6. The lowest BCUT2D eigenvalue weighted by atomic mass is 10.0. The Labute approximate surface area is 203 Å². The molecule has 0 bridgehead atoms. The van der Waals surface area contributed by atoms with Crippen LogP contribution in [0.25, 0.3) is 11.4 Å². The van der Waals surface area contributed by atoms with Crippen LogP contribution in [0.4, 0.5) is 10.5 Å². The van der Waals surface area contributed by atoms with Crippen LogP contribution in [0.3, 0.4) is 0 Å². The summed E-state index contributed by atoms with van der Waals surface area (Å²) in [6, 6.07) is 16.2. The Bertz CT molecular complexity index is 1120. The van der Waals surface area contributed by atoms with Crippen LogP contribution < -0.4 is 5.32 Å². The van der Waals surface area contributed by atoms with Crippen molar-refractivity contribution in [2.75, 3.05) is 25.0 Å². The van der Waals surface area contributed by atoms with Gasteiger partial charge < -0.3 is 10.1 Å². The number of nitrogens with zero attached hydrogens (tertiary/aromatic N) is 5. The highest BCUT2D eigenvalue weighted by Gasteiger charge is 2.45. The molecule has 2 aromatic carbocycles. The van der Waals surface area contributed by atoms with Crippen molar-refractivity contribution in [2.45, 2.75) is 44.4 Å². The fourth-order valence-corrected chi connectivity index (χ4v) is 4.93. The van der Waals surface area contributed by atoms with Gasteiger partial charge in [0, 0.05) is 23.8 Å². The molecule has 2 fully saturated rings. The molecule has 182 valence electrons. The van der Waals surface area contributed by atoms with Gasteiger partial charge in [0.15, 0.2) is 0 Å². The molecular weight excluding hydrogens is 446 g/mol. The number of rotatable bonds is 6. The average molecular weight is 476 g/mol. The second-order valence-corrected chi connectivity index (χ2v) is 8.93. The largest absolute Gasteiger partial charge is 0.445 e. The molecule has 2 aliphatic heterocycles. The van der Waals surface area contributed by atoms with Crippen LogP contribution in [0.15, 0.2) is 54.6 Å². The number of nitrogens with one attached hydrogen (secondary N) is 2. The number of hydrogen-bond donors (Lipinski definition) is 2. The van der Waals surface area contributed by atoms with E-state index in [1.54, 1.807) is 17.0 Å². The van der Waals surface area contributed by atoms with Crippen LogP contribution >= 0.6 is 0 Å². The summed E-state index contributed by atoms with van der Waals surface area (Å²) >= 11 is 0. The van der Waals surface area contributed by atoms with Crippen molar-refractivity contribution >= 4 is 17.7 Å². The number of carbonyl (C=O) groups is 2. The fourth-order valence-electron chi connectivity index (χ4n) is 4.93. The number of aromatic nitrogens is 4. The van der Waals surface area contributed by atoms with E-state index in [1.807, 2.05) is 42.5 Å². The molecule has 0 unspecified atom stereocenters. The Balaban J connectivity index is 1.30. The van der Waals surface area contributed by atoms with E-state index in [2.05, 4.69) is 30.8 Å². The van der Waals surface area contributed by atoms with Crippen molar-refractivity contribution in [3.8, 4) is 11.4 Å². The summed E-state index contributed by atoms with van der Waals surface area (Å²) in [7, 11) is 0. The van der Waals surface area contributed by atoms with Crippen molar-refractivity contribution in [3.05, 3.63) is 60.2 Å². The lowest BCUT2D eigenvalue weighted by molar-refractivity contribution is -0.121. The molecule has 10 heteroatoms. The molecule has 2 atom stereocenters. The standard InChI is InChI=1S/C25H29N7O3/c33-24(26-20-11-9-19(10-12-20)23-27-29-30-28-23)22-21(31-14-5-2-6-15-31)13-16-32(22)25(34)35-17-18-7-3-1-4-8-18/h1,3-4,7-12,21-22H,2,5-6,13-17H2,(H,26,33)(H,27,28,29,30)/t21-,22+/m1/s1. The van der Waals surface area contributed by atoms with Crippen LogP contribution in [0.1, 0.15) is 31.2 Å². The van der Waals surface area contributed by atoms with Gasteiger partial charge in [0.05, 0.1) is 0 Å². The first-order chi connectivity index (χ1) is 17.2. The van der Waals surface area contributed by atoms with E-state index in [0.29, 0.717) is 18.1 Å². The highest BCUT2D eigenvalue weighted by Crippen LogP contribution is 2.28. The van der Waals surface area contributed by atoms with E-state index >= 15 is 0 Å². The zero-order chi connectivity index (χ0) is 24.0. The third kappa shape index (κ3) is 5.32. The van der Waals surface area contributed by atoms with Gasteiger partial charge in [-0.2, -0.15) is 5.21 Å². The van der Waals surface area contributed by atoms with Gasteiger partial charge in [-0.05, 0) is 67.4 Å². The predicted octanol–water partition coefficient (Wildman–Crippen LogP) is 3.07. The number of carbonyl (C=O) groups excluding carboxylic acids is 2. The maximum absolute atomic E-state index is 13.5. The van der Waals surface area contributed by atoms with E-state index in [9.17, 15) is 9.59 Å². The van der Waals surface area contributed by atoms with Crippen LogP contribution in [-0.2, 0) is 16.1 Å². The third-order valence-electron chi connectivity index (χ3n) is 6.69. The molecule has 0 aliphatic carbocycles. The lowest BCUT2D eigenvalue weighted by Crippen LogP contribution is -2.54. The molecular formula is C25H29N7O3. The molecule has 3 aromatic rings. The maximum atomic E-state index is 13.5. The molecule has 35 heavy (non-hydrogen) atoms. The predicted molar refractivity (Wildman–Crippen MR) is 129 cm³/mol. The summed E-state index contributed by atoms with van der Waals surface area (Å²) in [5, 5.41) is 17.0. The monoisotopic (exact) mass is 475 g/mol. The highest BCUT2D eigenvalue weighted by molar-refractivity contribution is 5.97. The Morgan fingerprint density at radius 1 is 1.00 bits per heavy atom. The molecule has 1 aromatic heterocycles. The molecule has 2 amide bonds. The zero-order valence-corrected chi connectivity index (χ0v) is 19.5. The van der Waals surface area contributed by atoms with Crippen molar-refractivity contribution in [3.63, 3.8) is 0 Å². The molecule has 0 saturated carbocycles. The SMILES string of the molecule is O=C(Nc1ccc(-c2nn[nH]n2)cc1)[C@@H]1[C@H](N2CCCCC2)CCN1C(=O)OCc1ccccc1. The van der Waals surface area contributed by atoms with Crippen molar-refractivity contribution in [2.24, 2.45) is 0 Å². The van der Waals surface area contributed by atoms with E-state index in [1.165, 1.54) is 6.42 Å². The van der Waals surface area contributed by atoms with Crippen LogP contribution in [-0.4, -0.2) is 74.1 Å². The summed E-state index contributed by atoms with van der Waals surface area (Å²) in [5.41, 5.74) is 2.34. The van der Waals surface area contributed by atoms with Gasteiger partial charge in [0.25, 0.3) is 0 Å². The molecule has 3 heterocycles. The van der Waals surface area contributed by atoms with Crippen LogP contribution in [0.5, 0.6) is 0 Å². The Morgan fingerprint density at radius 2 is 1.77 bits per heavy atom. The number of amides is 2. The Hall–Kier alpha value is -3.79. The van der Waals surface area contributed by atoms with Gasteiger partial charge in [-0.3, -0.25) is 14.6 Å². The summed E-state index contributed by atoms with van der Waals surface area (Å²) in [6.07, 6.45) is 3.72. The second-order valence-electron chi connectivity index (χ2n) is 8.93. The Morgan fingerprint density at radius 3 is 2.49 bits per heavy atom. The zero-order valence-electron chi connectivity index (χ0n) is 19.5. The highest BCUT2D eigenvalue weighted by atomic mass is 16.6. The first-order valence-corrected chi connectivity index (χ1v) is 12.1. The molecule has 0 spiro atoms. The van der Waals surface area contributed by atoms with Crippen molar-refractivity contribution < 1.29 is 14.3 Å².